The number of rotatable bonds is 4. The van der Waals surface area contributed by atoms with Crippen LogP contribution < -0.4 is 4.74 Å². The summed E-state index contributed by atoms with van der Waals surface area (Å²) in [7, 11) is -0.613. The van der Waals surface area contributed by atoms with Crippen LogP contribution in [0.5, 0.6) is 11.5 Å². The van der Waals surface area contributed by atoms with E-state index in [2.05, 4.69) is 9.72 Å². The summed E-state index contributed by atoms with van der Waals surface area (Å²) in [5, 5.41) is 34.1. The number of alkyl halides is 3. The molecular formula is C20H23F4N3O5S. The SMILES string of the molecule is CCC1(O)CCN(S(=O)c2ccc(OC(F)(F)F)cn2)C1.CO.N#Cc1ccc(O)cc1F. The van der Waals surface area contributed by atoms with Crippen LogP contribution in [0.25, 0.3) is 0 Å². The minimum absolute atomic E-state index is 0.0576. The lowest BCUT2D eigenvalue weighted by atomic mass is 10.0. The highest BCUT2D eigenvalue weighted by atomic mass is 32.2. The van der Waals surface area contributed by atoms with Crippen molar-refractivity contribution < 1.29 is 41.8 Å². The summed E-state index contributed by atoms with van der Waals surface area (Å²) >= 11 is 0. The first kappa shape index (κ1) is 28.2. The number of pyridine rings is 1. The molecule has 1 aliphatic rings. The number of β-amino-alcohol motifs (C(OH)–C–C–N with tert-alkyl or cyclic N) is 1. The Labute approximate surface area is 190 Å². The third-order valence-electron chi connectivity index (χ3n) is 4.38. The average Bonchev–Trinajstić information content (AvgIpc) is 3.17. The van der Waals surface area contributed by atoms with E-state index in [0.717, 1.165) is 25.4 Å². The summed E-state index contributed by atoms with van der Waals surface area (Å²) < 4.78 is 66.0. The first-order valence-corrected chi connectivity index (χ1v) is 10.5. The maximum Gasteiger partial charge on any atom is 0.573 e. The Balaban J connectivity index is 0.000000380. The topological polar surface area (TPSA) is 127 Å². The van der Waals surface area contributed by atoms with E-state index >= 15 is 0 Å². The number of phenols is 1. The van der Waals surface area contributed by atoms with E-state index in [4.69, 9.17) is 15.5 Å². The van der Waals surface area contributed by atoms with E-state index in [-0.39, 0.29) is 22.9 Å². The molecule has 182 valence electrons. The number of halogens is 4. The molecule has 0 spiro atoms. The van der Waals surface area contributed by atoms with Crippen molar-refractivity contribution in [2.24, 2.45) is 0 Å². The molecule has 0 bridgehead atoms. The number of hydrogen-bond donors (Lipinski definition) is 3. The van der Waals surface area contributed by atoms with E-state index < -0.39 is 34.5 Å². The van der Waals surface area contributed by atoms with Gasteiger partial charge in [-0.25, -0.2) is 17.9 Å². The van der Waals surface area contributed by atoms with Gasteiger partial charge >= 0.3 is 6.36 Å². The average molecular weight is 493 g/mol. The fourth-order valence-corrected chi connectivity index (χ4v) is 3.85. The highest BCUT2D eigenvalue weighted by Crippen LogP contribution is 2.28. The van der Waals surface area contributed by atoms with Crippen molar-refractivity contribution in [2.45, 2.75) is 36.8 Å². The molecule has 8 nitrogen and oxygen atoms in total. The Morgan fingerprint density at radius 3 is 2.42 bits per heavy atom. The van der Waals surface area contributed by atoms with Crippen LogP contribution in [0.4, 0.5) is 17.6 Å². The number of hydrogen-bond acceptors (Lipinski definition) is 7. The minimum atomic E-state index is -4.78. The summed E-state index contributed by atoms with van der Waals surface area (Å²) in [5.41, 5.74) is -0.924. The maximum atomic E-state index is 12.5. The third kappa shape index (κ3) is 8.93. The van der Waals surface area contributed by atoms with Gasteiger partial charge in [-0.05, 0) is 37.1 Å². The van der Waals surface area contributed by atoms with Crippen LogP contribution in [0, 0.1) is 17.1 Å². The van der Waals surface area contributed by atoms with Crippen molar-refractivity contribution in [3.8, 4) is 17.6 Å². The number of nitrogens with zero attached hydrogens (tertiary/aromatic N) is 3. The quantitative estimate of drug-likeness (QED) is 0.559. The molecule has 0 radical (unpaired) electrons. The zero-order chi connectivity index (χ0) is 25.2. The lowest BCUT2D eigenvalue weighted by Gasteiger charge is -2.20. The van der Waals surface area contributed by atoms with Gasteiger partial charge in [0.1, 0.15) is 39.4 Å². The highest BCUT2D eigenvalue weighted by molar-refractivity contribution is 7.82. The molecule has 1 aromatic carbocycles. The first-order valence-electron chi connectivity index (χ1n) is 9.40. The number of aliphatic hydroxyl groups is 2. The zero-order valence-electron chi connectivity index (χ0n) is 17.7. The largest absolute Gasteiger partial charge is 0.573 e. The molecular weight excluding hydrogens is 470 g/mol. The number of phenolic OH excluding ortho intramolecular Hbond substituents is 1. The van der Waals surface area contributed by atoms with E-state index in [0.29, 0.717) is 19.4 Å². The maximum absolute atomic E-state index is 12.5. The molecule has 13 heteroatoms. The van der Waals surface area contributed by atoms with Crippen molar-refractivity contribution in [3.63, 3.8) is 0 Å². The van der Waals surface area contributed by atoms with Crippen molar-refractivity contribution in [2.75, 3.05) is 20.2 Å². The van der Waals surface area contributed by atoms with Gasteiger partial charge in [0.15, 0.2) is 0 Å². The molecule has 2 atom stereocenters. The molecule has 1 saturated heterocycles. The molecule has 0 saturated carbocycles. The Kier molecular flexibility index (Phi) is 10.7. The van der Waals surface area contributed by atoms with Crippen LogP contribution >= 0.6 is 0 Å². The molecule has 3 rings (SSSR count). The second kappa shape index (κ2) is 12.4. The van der Waals surface area contributed by atoms with Gasteiger partial charge < -0.3 is 20.1 Å². The van der Waals surface area contributed by atoms with Gasteiger partial charge in [0.25, 0.3) is 0 Å². The smallest absolute Gasteiger partial charge is 0.508 e. The second-order valence-corrected chi connectivity index (χ2v) is 8.03. The lowest BCUT2D eigenvalue weighted by molar-refractivity contribution is -0.274. The van der Waals surface area contributed by atoms with Gasteiger partial charge in [-0.15, -0.1) is 13.2 Å². The fourth-order valence-electron chi connectivity index (χ4n) is 2.64. The van der Waals surface area contributed by atoms with Gasteiger partial charge in [-0.2, -0.15) is 5.26 Å². The molecule has 2 heterocycles. The third-order valence-corrected chi connectivity index (χ3v) is 5.76. The van der Waals surface area contributed by atoms with Crippen LogP contribution in [0.3, 0.4) is 0 Å². The molecule has 1 aromatic heterocycles. The standard InChI is InChI=1S/C12H15F3N2O3S.C7H4FNO.CH4O/c1-2-11(18)5-6-17(8-11)21(19)10-4-3-9(7-16-10)20-12(13,14)15;8-7-3-6(10)2-1-5(7)4-9;1-2/h3-4,7,18H,2,5-6,8H2,1H3;1-3,10H;2H,1H3. The van der Waals surface area contributed by atoms with E-state index in [1.807, 2.05) is 6.92 Å². The summed E-state index contributed by atoms with van der Waals surface area (Å²) in [6.07, 6.45) is -2.85. The second-order valence-electron chi connectivity index (χ2n) is 6.60. The number of benzene rings is 1. The molecule has 0 aliphatic carbocycles. The van der Waals surface area contributed by atoms with Crippen LogP contribution in [-0.4, -0.2) is 61.0 Å². The predicted octanol–water partition coefficient (Wildman–Crippen LogP) is 2.86. The molecule has 33 heavy (non-hydrogen) atoms. The zero-order valence-corrected chi connectivity index (χ0v) is 18.5. The Morgan fingerprint density at radius 1 is 1.30 bits per heavy atom. The molecule has 2 aromatic rings. The monoisotopic (exact) mass is 493 g/mol. The number of ether oxygens (including phenoxy) is 1. The van der Waals surface area contributed by atoms with Crippen molar-refractivity contribution in [1.29, 1.82) is 5.26 Å². The predicted molar refractivity (Wildman–Crippen MR) is 110 cm³/mol. The molecule has 1 fully saturated rings. The van der Waals surface area contributed by atoms with Crippen molar-refractivity contribution in [1.82, 2.24) is 9.29 Å². The lowest BCUT2D eigenvalue weighted by Crippen LogP contribution is -2.33. The highest BCUT2D eigenvalue weighted by Gasteiger charge is 2.37. The van der Waals surface area contributed by atoms with E-state index in [1.54, 1.807) is 10.4 Å². The van der Waals surface area contributed by atoms with Gasteiger partial charge in [0.2, 0.25) is 0 Å². The molecule has 1 aliphatic heterocycles. The van der Waals surface area contributed by atoms with Gasteiger partial charge in [-0.3, -0.25) is 0 Å². The number of aromatic hydroxyl groups is 1. The van der Waals surface area contributed by atoms with Crippen LogP contribution in [0.1, 0.15) is 25.3 Å². The summed E-state index contributed by atoms with van der Waals surface area (Å²) in [6.45, 7) is 2.53. The Morgan fingerprint density at radius 2 is 1.97 bits per heavy atom. The number of aliphatic hydroxyl groups excluding tert-OH is 1. The molecule has 0 amide bonds. The van der Waals surface area contributed by atoms with Crippen molar-refractivity contribution in [3.05, 3.63) is 47.9 Å². The molecule has 2 unspecified atom stereocenters. The van der Waals surface area contributed by atoms with Gasteiger partial charge in [0, 0.05) is 26.3 Å². The molecule has 3 N–H and O–H groups in total. The van der Waals surface area contributed by atoms with Crippen molar-refractivity contribution >= 4 is 11.0 Å². The van der Waals surface area contributed by atoms with Gasteiger partial charge in [-0.1, -0.05) is 6.92 Å². The van der Waals surface area contributed by atoms with Gasteiger partial charge in [0.05, 0.1) is 17.4 Å². The number of nitriles is 1. The summed E-state index contributed by atoms with van der Waals surface area (Å²) in [5.74, 6) is -1.33. The summed E-state index contributed by atoms with van der Waals surface area (Å²) in [4.78, 5) is 3.73. The Bertz CT molecular complexity index is 970. The van der Waals surface area contributed by atoms with Crippen LogP contribution in [0.15, 0.2) is 41.6 Å². The first-order chi connectivity index (χ1) is 15.5. The van der Waals surface area contributed by atoms with Crippen LogP contribution in [0.2, 0.25) is 0 Å². The van der Waals surface area contributed by atoms with E-state index in [1.165, 1.54) is 18.2 Å². The Hall–Kier alpha value is -2.79. The summed E-state index contributed by atoms with van der Waals surface area (Å²) in [6, 6.07) is 7.32. The normalized spacial score (nSPS) is 18.8. The van der Waals surface area contributed by atoms with E-state index in [9.17, 15) is 26.9 Å². The van der Waals surface area contributed by atoms with Crippen LogP contribution in [-0.2, 0) is 11.0 Å². The minimum Gasteiger partial charge on any atom is -0.508 e. The number of aromatic nitrogens is 1. The fraction of sp³-hybridized carbons (Fsp3) is 0.400.